The Kier molecular flexibility index (Phi) is 8.65. The van der Waals surface area contributed by atoms with Gasteiger partial charge in [0.2, 0.25) is 0 Å². The summed E-state index contributed by atoms with van der Waals surface area (Å²) in [4.78, 5) is 4.68. The maximum atomic E-state index is 5.46. The third-order valence-corrected chi connectivity index (χ3v) is 4.22. The van der Waals surface area contributed by atoms with Crippen LogP contribution in [-0.4, -0.2) is 33.3 Å². The Balaban J connectivity index is 1.92. The number of nitrogens with one attached hydrogen (secondary N) is 2. The summed E-state index contributed by atoms with van der Waals surface area (Å²) in [7, 11) is 3.42. The fourth-order valence-corrected chi connectivity index (χ4v) is 2.84. The van der Waals surface area contributed by atoms with E-state index in [1.165, 1.54) is 22.3 Å². The zero-order valence-corrected chi connectivity index (χ0v) is 16.8. The second-order valence-electron chi connectivity index (χ2n) is 6.44. The molecule has 0 aliphatic heterocycles. The van der Waals surface area contributed by atoms with Crippen molar-refractivity contribution in [2.75, 3.05) is 27.3 Å². The molecule has 2 N–H and O–H groups in total. The second-order valence-corrected chi connectivity index (χ2v) is 6.44. The maximum Gasteiger partial charge on any atom is 0.191 e. The first kappa shape index (κ1) is 20.8. The maximum absolute atomic E-state index is 5.46. The summed E-state index contributed by atoms with van der Waals surface area (Å²) in [6, 6.07) is 14.6. The molecule has 27 heavy (non-hydrogen) atoms. The van der Waals surface area contributed by atoms with Crippen LogP contribution in [0.1, 0.15) is 29.2 Å². The van der Waals surface area contributed by atoms with Crippen molar-refractivity contribution in [2.24, 2.45) is 4.99 Å². The number of aliphatic imine (C=N–C) groups is 1. The van der Waals surface area contributed by atoms with E-state index in [0.717, 1.165) is 31.2 Å². The quantitative estimate of drug-likeness (QED) is 0.525. The Morgan fingerprint density at radius 3 is 2.41 bits per heavy atom. The van der Waals surface area contributed by atoms with Gasteiger partial charge in [-0.25, -0.2) is 4.99 Å². The van der Waals surface area contributed by atoms with E-state index in [9.17, 15) is 0 Å². The number of ether oxygens (including phenoxy) is 2. The number of rotatable bonds is 9. The molecule has 0 saturated heterocycles. The van der Waals surface area contributed by atoms with E-state index in [1.54, 1.807) is 14.2 Å². The molecule has 0 bridgehead atoms. The average Bonchev–Trinajstić information content (AvgIpc) is 2.67. The molecule has 0 aromatic heterocycles. The number of methoxy groups -OCH3 is 2. The van der Waals surface area contributed by atoms with Gasteiger partial charge in [0.25, 0.3) is 0 Å². The third kappa shape index (κ3) is 6.94. The van der Waals surface area contributed by atoms with Crippen molar-refractivity contribution in [1.29, 1.82) is 0 Å². The van der Waals surface area contributed by atoms with Crippen molar-refractivity contribution in [3.05, 3.63) is 64.7 Å². The minimum Gasteiger partial charge on any atom is -0.496 e. The highest BCUT2D eigenvalue weighted by atomic mass is 16.5. The highest BCUT2D eigenvalue weighted by molar-refractivity contribution is 5.79. The summed E-state index contributed by atoms with van der Waals surface area (Å²) in [6.45, 7) is 7.05. The summed E-state index contributed by atoms with van der Waals surface area (Å²) in [5.74, 6) is 1.76. The second kappa shape index (κ2) is 11.2. The molecule has 0 fully saturated rings. The number of nitrogens with zero attached hydrogens (tertiary/aromatic N) is 1. The topological polar surface area (TPSA) is 54.9 Å². The Bertz CT molecular complexity index is 727. The molecular weight excluding hydrogens is 338 g/mol. The molecule has 0 amide bonds. The highest BCUT2D eigenvalue weighted by Crippen LogP contribution is 2.19. The zero-order chi connectivity index (χ0) is 19.5. The monoisotopic (exact) mass is 369 g/mol. The van der Waals surface area contributed by atoms with Crippen molar-refractivity contribution in [3.8, 4) is 5.75 Å². The Hall–Kier alpha value is -2.53. The summed E-state index contributed by atoms with van der Waals surface area (Å²) in [5, 5.41) is 6.70. The van der Waals surface area contributed by atoms with Crippen LogP contribution in [0.5, 0.6) is 5.75 Å². The first-order valence-electron chi connectivity index (χ1n) is 9.38. The lowest BCUT2D eigenvalue weighted by Crippen LogP contribution is -2.38. The van der Waals surface area contributed by atoms with Crippen molar-refractivity contribution in [1.82, 2.24) is 10.6 Å². The van der Waals surface area contributed by atoms with E-state index in [2.05, 4.69) is 65.9 Å². The van der Waals surface area contributed by atoms with Gasteiger partial charge in [-0.05, 0) is 43.0 Å². The van der Waals surface area contributed by atoms with Crippen LogP contribution in [0.4, 0.5) is 0 Å². The fraction of sp³-hybridized carbons (Fsp3) is 0.409. The van der Waals surface area contributed by atoms with Crippen molar-refractivity contribution >= 4 is 5.96 Å². The number of guanidine groups is 1. The molecule has 0 saturated carbocycles. The summed E-state index contributed by atoms with van der Waals surface area (Å²) in [6.07, 6.45) is 0.876. The van der Waals surface area contributed by atoms with Gasteiger partial charge in [0.1, 0.15) is 5.75 Å². The van der Waals surface area contributed by atoms with E-state index in [1.807, 2.05) is 6.07 Å². The highest BCUT2D eigenvalue weighted by Gasteiger charge is 2.04. The first-order chi connectivity index (χ1) is 13.2. The molecule has 146 valence electrons. The molecule has 5 heteroatoms. The van der Waals surface area contributed by atoms with Crippen molar-refractivity contribution in [3.63, 3.8) is 0 Å². The summed E-state index contributed by atoms with van der Waals surface area (Å²) >= 11 is 0. The van der Waals surface area contributed by atoms with Gasteiger partial charge in [-0.1, -0.05) is 42.0 Å². The summed E-state index contributed by atoms with van der Waals surface area (Å²) < 4.78 is 10.6. The standard InChI is InChI=1S/C22H31N3O2/c1-5-23-22(25-15-18-7-9-19(10-8-18)16-26-3)24-13-12-20-14-17(2)6-11-21(20)27-4/h6-11,14H,5,12-13,15-16H2,1-4H3,(H2,23,24,25). The lowest BCUT2D eigenvalue weighted by atomic mass is 10.1. The molecule has 0 heterocycles. The van der Waals surface area contributed by atoms with Gasteiger partial charge in [0, 0.05) is 20.2 Å². The van der Waals surface area contributed by atoms with E-state index in [4.69, 9.17) is 9.47 Å². The van der Waals surface area contributed by atoms with Crippen LogP contribution < -0.4 is 15.4 Å². The number of benzene rings is 2. The number of aryl methyl sites for hydroxylation is 1. The first-order valence-corrected chi connectivity index (χ1v) is 9.38. The molecule has 0 atom stereocenters. The largest absolute Gasteiger partial charge is 0.496 e. The van der Waals surface area contributed by atoms with Gasteiger partial charge in [0.05, 0.1) is 20.3 Å². The van der Waals surface area contributed by atoms with E-state index in [0.29, 0.717) is 13.2 Å². The lowest BCUT2D eigenvalue weighted by Gasteiger charge is -2.13. The summed E-state index contributed by atoms with van der Waals surface area (Å²) in [5.41, 5.74) is 4.78. The van der Waals surface area contributed by atoms with Crippen molar-refractivity contribution < 1.29 is 9.47 Å². The smallest absolute Gasteiger partial charge is 0.191 e. The van der Waals surface area contributed by atoms with Gasteiger partial charge >= 0.3 is 0 Å². The van der Waals surface area contributed by atoms with Crippen LogP contribution in [0, 0.1) is 6.92 Å². The molecular formula is C22H31N3O2. The molecule has 2 aromatic rings. The van der Waals surface area contributed by atoms with Crippen molar-refractivity contribution in [2.45, 2.75) is 33.4 Å². The zero-order valence-electron chi connectivity index (χ0n) is 16.8. The van der Waals surface area contributed by atoms with Crippen LogP contribution in [-0.2, 0) is 24.3 Å². The third-order valence-electron chi connectivity index (χ3n) is 4.22. The van der Waals surface area contributed by atoms with E-state index >= 15 is 0 Å². The predicted molar refractivity (Wildman–Crippen MR) is 111 cm³/mol. The number of hydrogen-bond acceptors (Lipinski definition) is 3. The average molecular weight is 370 g/mol. The molecule has 0 radical (unpaired) electrons. The molecule has 0 spiro atoms. The van der Waals surface area contributed by atoms with Crippen LogP contribution in [0.2, 0.25) is 0 Å². The van der Waals surface area contributed by atoms with Gasteiger partial charge in [0.15, 0.2) is 5.96 Å². The van der Waals surface area contributed by atoms with Crippen LogP contribution in [0.3, 0.4) is 0 Å². The molecule has 0 aliphatic rings. The van der Waals surface area contributed by atoms with Gasteiger partial charge in [-0.15, -0.1) is 0 Å². The van der Waals surface area contributed by atoms with Gasteiger partial charge in [-0.2, -0.15) is 0 Å². The minimum absolute atomic E-state index is 0.635. The molecule has 0 unspecified atom stereocenters. The van der Waals surface area contributed by atoms with Crippen LogP contribution in [0.25, 0.3) is 0 Å². The molecule has 2 rings (SSSR count). The van der Waals surface area contributed by atoms with Crippen LogP contribution in [0.15, 0.2) is 47.5 Å². The minimum atomic E-state index is 0.635. The molecule has 0 aliphatic carbocycles. The lowest BCUT2D eigenvalue weighted by molar-refractivity contribution is 0.185. The Morgan fingerprint density at radius 1 is 1.00 bits per heavy atom. The van der Waals surface area contributed by atoms with E-state index < -0.39 is 0 Å². The normalized spacial score (nSPS) is 11.3. The van der Waals surface area contributed by atoms with E-state index in [-0.39, 0.29) is 0 Å². The number of hydrogen-bond donors (Lipinski definition) is 2. The Morgan fingerprint density at radius 2 is 1.74 bits per heavy atom. The Labute approximate surface area is 162 Å². The predicted octanol–water partition coefficient (Wildman–Crippen LogP) is 3.45. The molecule has 2 aromatic carbocycles. The van der Waals surface area contributed by atoms with Crippen LogP contribution >= 0.6 is 0 Å². The molecule has 5 nitrogen and oxygen atoms in total. The van der Waals surface area contributed by atoms with Gasteiger partial charge in [-0.3, -0.25) is 0 Å². The SMILES string of the molecule is CCNC(=NCc1ccc(COC)cc1)NCCc1cc(C)ccc1OC. The fourth-order valence-electron chi connectivity index (χ4n) is 2.84. The van der Waals surface area contributed by atoms with Gasteiger partial charge < -0.3 is 20.1 Å².